The summed E-state index contributed by atoms with van der Waals surface area (Å²) in [5.74, 6) is -0.0428. The molecule has 0 saturated carbocycles. The zero-order valence-electron chi connectivity index (χ0n) is 16.6. The van der Waals surface area contributed by atoms with E-state index in [9.17, 15) is 9.59 Å². The molecular formula is C23H21N5O2. The molecule has 1 N–H and O–H groups in total. The highest BCUT2D eigenvalue weighted by Gasteiger charge is 2.24. The number of aromatic nitrogens is 4. The Balaban J connectivity index is 1.40. The molecule has 0 unspecified atom stereocenters. The first-order chi connectivity index (χ1) is 14.6. The number of carbonyl (C=O) groups is 1. The van der Waals surface area contributed by atoms with E-state index in [0.717, 1.165) is 29.8 Å². The van der Waals surface area contributed by atoms with Crippen LogP contribution in [0.1, 0.15) is 21.6 Å². The molecular weight excluding hydrogens is 378 g/mol. The molecule has 3 heterocycles. The minimum absolute atomic E-state index is 0.0428. The fraction of sp³-hybridized carbons (Fsp3) is 0.217. The normalized spacial score (nSPS) is 13.8. The fourth-order valence-corrected chi connectivity index (χ4v) is 4.05. The summed E-state index contributed by atoms with van der Waals surface area (Å²) < 4.78 is 1.44. The van der Waals surface area contributed by atoms with E-state index in [-0.39, 0.29) is 11.5 Å². The smallest absolute Gasteiger partial charge is 0.260 e. The highest BCUT2D eigenvalue weighted by molar-refractivity contribution is 5.97. The van der Waals surface area contributed by atoms with Gasteiger partial charge in [0.05, 0.1) is 22.9 Å². The zero-order valence-corrected chi connectivity index (χ0v) is 16.6. The molecule has 0 atom stereocenters. The quantitative estimate of drug-likeness (QED) is 0.562. The van der Waals surface area contributed by atoms with Crippen LogP contribution in [0.3, 0.4) is 0 Å². The van der Waals surface area contributed by atoms with Crippen molar-refractivity contribution in [3.05, 3.63) is 82.0 Å². The number of aromatic amines is 1. The number of fused-ring (bicyclic) bond motifs is 2. The van der Waals surface area contributed by atoms with Crippen LogP contribution in [0.5, 0.6) is 0 Å². The predicted octanol–water partition coefficient (Wildman–Crippen LogP) is 2.56. The first-order valence-electron chi connectivity index (χ1n) is 9.98. The van der Waals surface area contributed by atoms with Crippen molar-refractivity contribution in [3.63, 3.8) is 0 Å². The number of hydrogen-bond donors (Lipinski definition) is 1. The molecule has 1 amide bonds. The number of benzene rings is 2. The molecule has 7 heteroatoms. The van der Waals surface area contributed by atoms with Crippen molar-refractivity contribution in [1.82, 2.24) is 24.6 Å². The molecule has 4 aromatic rings. The standard InChI is InChI=1S/C23H21N5O2/c1-27-14-24-20-13-16(7-8-18(20)23(27)30)22(29)28-11-9-17-19(10-12-28)25-26-21(17)15-5-3-2-4-6-15/h2-8,13-14H,9-12H2,1H3,(H,25,26). The van der Waals surface area contributed by atoms with Gasteiger partial charge in [0.2, 0.25) is 0 Å². The summed E-state index contributed by atoms with van der Waals surface area (Å²) in [6.07, 6.45) is 2.96. The Morgan fingerprint density at radius 1 is 1.07 bits per heavy atom. The number of nitrogens with zero attached hydrogens (tertiary/aromatic N) is 4. The molecule has 1 aliphatic rings. The third-order valence-corrected chi connectivity index (χ3v) is 5.72. The third kappa shape index (κ3) is 3.08. The summed E-state index contributed by atoms with van der Waals surface area (Å²) in [5.41, 5.74) is 5.29. The lowest BCUT2D eigenvalue weighted by Gasteiger charge is -2.20. The highest BCUT2D eigenvalue weighted by atomic mass is 16.2. The molecule has 2 aromatic heterocycles. The molecule has 0 radical (unpaired) electrons. The molecule has 0 saturated heterocycles. The average Bonchev–Trinajstić information content (AvgIpc) is 3.07. The van der Waals surface area contributed by atoms with E-state index in [1.807, 2.05) is 23.1 Å². The zero-order chi connectivity index (χ0) is 20.7. The van der Waals surface area contributed by atoms with Gasteiger partial charge in [-0.15, -0.1) is 0 Å². The summed E-state index contributed by atoms with van der Waals surface area (Å²) in [6.45, 7) is 1.23. The Labute approximate surface area is 173 Å². The van der Waals surface area contributed by atoms with Crippen LogP contribution in [-0.2, 0) is 19.9 Å². The molecule has 0 spiro atoms. The van der Waals surface area contributed by atoms with Gasteiger partial charge in [-0.2, -0.15) is 5.10 Å². The van der Waals surface area contributed by atoms with Gasteiger partial charge < -0.3 is 9.47 Å². The maximum atomic E-state index is 13.2. The van der Waals surface area contributed by atoms with Gasteiger partial charge in [-0.25, -0.2) is 4.98 Å². The lowest BCUT2D eigenvalue weighted by molar-refractivity contribution is 0.0763. The number of aryl methyl sites for hydroxylation is 1. The van der Waals surface area contributed by atoms with E-state index < -0.39 is 0 Å². The maximum Gasteiger partial charge on any atom is 0.260 e. The van der Waals surface area contributed by atoms with Gasteiger partial charge in [0, 0.05) is 48.9 Å². The molecule has 1 aliphatic heterocycles. The van der Waals surface area contributed by atoms with Crippen LogP contribution in [0.15, 0.2) is 59.7 Å². The molecule has 0 bridgehead atoms. The highest BCUT2D eigenvalue weighted by Crippen LogP contribution is 2.27. The first-order valence-corrected chi connectivity index (χ1v) is 9.98. The van der Waals surface area contributed by atoms with E-state index in [1.165, 1.54) is 16.5 Å². The molecule has 150 valence electrons. The Morgan fingerprint density at radius 2 is 1.87 bits per heavy atom. The Kier molecular flexibility index (Phi) is 4.43. The minimum Gasteiger partial charge on any atom is -0.338 e. The number of nitrogens with one attached hydrogen (secondary N) is 1. The van der Waals surface area contributed by atoms with Gasteiger partial charge in [0.25, 0.3) is 11.5 Å². The molecule has 2 aromatic carbocycles. The van der Waals surface area contributed by atoms with Gasteiger partial charge >= 0.3 is 0 Å². The summed E-state index contributed by atoms with van der Waals surface area (Å²) in [6, 6.07) is 15.2. The predicted molar refractivity (Wildman–Crippen MR) is 114 cm³/mol. The summed E-state index contributed by atoms with van der Waals surface area (Å²) in [5, 5.41) is 8.20. The molecule has 5 rings (SSSR count). The first kappa shape index (κ1) is 18.3. The van der Waals surface area contributed by atoms with Crippen molar-refractivity contribution < 1.29 is 4.79 Å². The second-order valence-corrected chi connectivity index (χ2v) is 7.58. The Bertz CT molecular complexity index is 1310. The van der Waals surface area contributed by atoms with Gasteiger partial charge in [-0.1, -0.05) is 30.3 Å². The van der Waals surface area contributed by atoms with Crippen molar-refractivity contribution in [1.29, 1.82) is 0 Å². The molecule has 0 fully saturated rings. The van der Waals surface area contributed by atoms with Crippen LogP contribution in [0.4, 0.5) is 0 Å². The van der Waals surface area contributed by atoms with Crippen LogP contribution in [0.25, 0.3) is 22.2 Å². The largest absolute Gasteiger partial charge is 0.338 e. The van der Waals surface area contributed by atoms with Gasteiger partial charge in [-0.3, -0.25) is 14.7 Å². The number of amides is 1. The number of carbonyl (C=O) groups excluding carboxylic acids is 1. The summed E-state index contributed by atoms with van der Waals surface area (Å²) in [7, 11) is 1.66. The summed E-state index contributed by atoms with van der Waals surface area (Å²) in [4.78, 5) is 31.5. The third-order valence-electron chi connectivity index (χ3n) is 5.72. The van der Waals surface area contributed by atoms with Gasteiger partial charge in [-0.05, 0) is 24.6 Å². The summed E-state index contributed by atoms with van der Waals surface area (Å²) >= 11 is 0. The second-order valence-electron chi connectivity index (χ2n) is 7.58. The van der Waals surface area contributed by atoms with E-state index in [0.29, 0.717) is 29.6 Å². The van der Waals surface area contributed by atoms with E-state index in [2.05, 4.69) is 27.3 Å². The number of rotatable bonds is 2. The fourth-order valence-electron chi connectivity index (χ4n) is 4.05. The van der Waals surface area contributed by atoms with Crippen molar-refractivity contribution >= 4 is 16.8 Å². The van der Waals surface area contributed by atoms with Crippen LogP contribution < -0.4 is 5.56 Å². The second kappa shape index (κ2) is 7.26. The lowest BCUT2D eigenvalue weighted by atomic mass is 10.0. The topological polar surface area (TPSA) is 83.9 Å². The monoisotopic (exact) mass is 399 g/mol. The van der Waals surface area contributed by atoms with Gasteiger partial charge in [0.15, 0.2) is 0 Å². The molecule has 0 aliphatic carbocycles. The van der Waals surface area contributed by atoms with E-state index in [4.69, 9.17) is 0 Å². The molecule has 7 nitrogen and oxygen atoms in total. The van der Waals surface area contributed by atoms with Crippen molar-refractivity contribution in [2.24, 2.45) is 7.05 Å². The SMILES string of the molecule is Cn1cnc2cc(C(=O)N3CCc4[nH]nc(-c5ccccc5)c4CC3)ccc2c1=O. The Hall–Kier alpha value is -3.74. The van der Waals surface area contributed by atoms with E-state index >= 15 is 0 Å². The Morgan fingerprint density at radius 3 is 2.70 bits per heavy atom. The van der Waals surface area contributed by atoms with E-state index in [1.54, 1.807) is 25.2 Å². The van der Waals surface area contributed by atoms with Crippen LogP contribution >= 0.6 is 0 Å². The number of H-pyrrole nitrogens is 1. The van der Waals surface area contributed by atoms with Crippen LogP contribution in [0.2, 0.25) is 0 Å². The molecule has 30 heavy (non-hydrogen) atoms. The van der Waals surface area contributed by atoms with Crippen LogP contribution in [-0.4, -0.2) is 43.6 Å². The minimum atomic E-state index is -0.117. The van der Waals surface area contributed by atoms with Crippen molar-refractivity contribution in [2.45, 2.75) is 12.8 Å². The van der Waals surface area contributed by atoms with Crippen LogP contribution in [0, 0.1) is 0 Å². The van der Waals surface area contributed by atoms with Gasteiger partial charge in [0.1, 0.15) is 0 Å². The average molecular weight is 399 g/mol. The van der Waals surface area contributed by atoms with Crippen molar-refractivity contribution in [2.75, 3.05) is 13.1 Å². The van der Waals surface area contributed by atoms with Crippen molar-refractivity contribution in [3.8, 4) is 11.3 Å². The lowest BCUT2D eigenvalue weighted by Crippen LogP contribution is -2.33. The maximum absolute atomic E-state index is 13.2. The number of hydrogen-bond acceptors (Lipinski definition) is 4.